The first-order chi connectivity index (χ1) is 12.7. The zero-order valence-corrected chi connectivity index (χ0v) is 17.2. The maximum atomic E-state index is 5.99. The first-order valence-electron chi connectivity index (χ1n) is 9.94. The minimum Gasteiger partial charge on any atom is -0.494 e. The molecule has 2 aliphatic heterocycles. The molecule has 0 unspecified atom stereocenters. The minimum atomic E-state index is 0.215. The fraction of sp³-hybridized carbons (Fsp3) is 0.714. The number of benzene rings is 1. The predicted octanol–water partition coefficient (Wildman–Crippen LogP) is 3.11. The van der Waals surface area contributed by atoms with Crippen LogP contribution in [0.1, 0.15) is 24.8 Å². The van der Waals surface area contributed by atoms with Crippen LogP contribution < -0.4 is 4.74 Å². The maximum absolute atomic E-state index is 5.99. The molecule has 0 N–H and O–H groups in total. The molecule has 0 radical (unpaired) electrons. The molecule has 2 fully saturated rings. The highest BCUT2D eigenvalue weighted by Crippen LogP contribution is 2.36. The molecule has 3 rings (SSSR count). The van der Waals surface area contributed by atoms with Crippen LogP contribution >= 0.6 is 11.8 Å². The van der Waals surface area contributed by atoms with Crippen LogP contribution in [0.15, 0.2) is 24.3 Å². The van der Waals surface area contributed by atoms with E-state index in [1.807, 2.05) is 0 Å². The lowest BCUT2D eigenvalue weighted by molar-refractivity contribution is 0.0401. The van der Waals surface area contributed by atoms with Crippen molar-refractivity contribution in [3.63, 3.8) is 0 Å². The zero-order valence-electron chi connectivity index (χ0n) is 16.4. The van der Waals surface area contributed by atoms with E-state index >= 15 is 0 Å². The van der Waals surface area contributed by atoms with Gasteiger partial charge in [-0.3, -0.25) is 0 Å². The van der Waals surface area contributed by atoms with Crippen LogP contribution in [0.2, 0.25) is 0 Å². The van der Waals surface area contributed by atoms with Gasteiger partial charge in [0.15, 0.2) is 0 Å². The van der Waals surface area contributed by atoms with Crippen LogP contribution in [-0.2, 0) is 10.2 Å². The zero-order chi connectivity index (χ0) is 18.2. The molecule has 146 valence electrons. The third-order valence-electron chi connectivity index (χ3n) is 5.53. The molecular formula is C21H34N2O2S. The Hall–Kier alpha value is -0.750. The van der Waals surface area contributed by atoms with E-state index in [1.165, 1.54) is 30.2 Å². The van der Waals surface area contributed by atoms with Crippen LogP contribution in [0, 0.1) is 0 Å². The van der Waals surface area contributed by atoms with Gasteiger partial charge in [0.1, 0.15) is 5.75 Å². The smallest absolute Gasteiger partial charge is 0.119 e. The summed E-state index contributed by atoms with van der Waals surface area (Å²) >= 11 is 2.07. The molecule has 2 aliphatic rings. The molecule has 2 saturated heterocycles. The number of ether oxygens (including phenoxy) is 2. The summed E-state index contributed by atoms with van der Waals surface area (Å²) in [5.74, 6) is 3.56. The summed E-state index contributed by atoms with van der Waals surface area (Å²) in [7, 11) is 4.32. The fourth-order valence-electron chi connectivity index (χ4n) is 4.11. The molecule has 0 saturated carbocycles. The largest absolute Gasteiger partial charge is 0.494 e. The van der Waals surface area contributed by atoms with E-state index in [0.29, 0.717) is 0 Å². The second-order valence-corrected chi connectivity index (χ2v) is 9.04. The Morgan fingerprint density at radius 2 is 1.81 bits per heavy atom. The van der Waals surface area contributed by atoms with E-state index in [2.05, 4.69) is 59.9 Å². The average Bonchev–Trinajstić information content (AvgIpc) is 2.67. The quantitative estimate of drug-likeness (QED) is 0.647. The van der Waals surface area contributed by atoms with Crippen LogP contribution in [-0.4, -0.2) is 81.4 Å². The summed E-state index contributed by atoms with van der Waals surface area (Å²) in [6.07, 6.45) is 3.30. The second-order valence-electron chi connectivity index (χ2n) is 7.81. The van der Waals surface area contributed by atoms with Gasteiger partial charge in [-0.1, -0.05) is 12.1 Å². The Balaban J connectivity index is 1.50. The van der Waals surface area contributed by atoms with E-state index in [9.17, 15) is 0 Å². The Bertz CT molecular complexity index is 523. The summed E-state index contributed by atoms with van der Waals surface area (Å²) < 4.78 is 11.6. The average molecular weight is 379 g/mol. The van der Waals surface area contributed by atoms with Gasteiger partial charge in [0.2, 0.25) is 0 Å². The van der Waals surface area contributed by atoms with E-state index < -0.39 is 0 Å². The molecule has 4 nitrogen and oxygen atoms in total. The lowest BCUT2D eigenvalue weighted by Gasteiger charge is -2.39. The Morgan fingerprint density at radius 3 is 2.46 bits per heavy atom. The van der Waals surface area contributed by atoms with Crippen molar-refractivity contribution in [1.29, 1.82) is 0 Å². The first-order valence-corrected chi connectivity index (χ1v) is 11.1. The Morgan fingerprint density at radius 1 is 1.12 bits per heavy atom. The molecule has 0 aromatic heterocycles. The number of likely N-dealkylation sites (N-methyl/N-ethyl adjacent to an activating group) is 1. The van der Waals surface area contributed by atoms with Crippen molar-refractivity contribution < 1.29 is 9.47 Å². The number of thioether (sulfide) groups is 1. The van der Waals surface area contributed by atoms with Gasteiger partial charge in [0, 0.05) is 56.3 Å². The van der Waals surface area contributed by atoms with E-state index in [1.54, 1.807) is 0 Å². The van der Waals surface area contributed by atoms with Crippen LogP contribution in [0.4, 0.5) is 0 Å². The molecule has 0 atom stereocenters. The van der Waals surface area contributed by atoms with Gasteiger partial charge in [-0.15, -0.1) is 0 Å². The number of nitrogens with zero attached hydrogens (tertiary/aromatic N) is 2. The van der Waals surface area contributed by atoms with Gasteiger partial charge in [-0.2, -0.15) is 11.8 Å². The maximum Gasteiger partial charge on any atom is 0.119 e. The highest BCUT2D eigenvalue weighted by atomic mass is 32.2. The van der Waals surface area contributed by atoms with E-state index in [-0.39, 0.29) is 5.41 Å². The Labute approximate surface area is 163 Å². The van der Waals surface area contributed by atoms with Gasteiger partial charge in [-0.05, 0) is 51.1 Å². The number of rotatable bonds is 8. The normalized spacial score (nSPS) is 21.0. The summed E-state index contributed by atoms with van der Waals surface area (Å²) in [5, 5.41) is 0. The molecule has 0 amide bonds. The van der Waals surface area contributed by atoms with Crippen molar-refractivity contribution in [1.82, 2.24) is 9.80 Å². The standard InChI is InChI=1S/C21H34N2O2S/c1-22(2)18-21(8-14-24-15-9-21)19-4-6-20(7-5-19)25-13-3-10-23-11-16-26-17-12-23/h4-7H,3,8-18H2,1-2H3. The lowest BCUT2D eigenvalue weighted by atomic mass is 9.74. The van der Waals surface area contributed by atoms with Crippen molar-refractivity contribution in [3.05, 3.63) is 29.8 Å². The molecule has 0 bridgehead atoms. The monoisotopic (exact) mass is 378 g/mol. The molecule has 0 aliphatic carbocycles. The molecule has 1 aromatic carbocycles. The summed E-state index contributed by atoms with van der Waals surface area (Å²) in [6.45, 7) is 7.23. The third-order valence-corrected chi connectivity index (χ3v) is 6.47. The van der Waals surface area contributed by atoms with Crippen LogP contribution in [0.3, 0.4) is 0 Å². The van der Waals surface area contributed by atoms with Crippen molar-refractivity contribution in [2.45, 2.75) is 24.7 Å². The van der Waals surface area contributed by atoms with E-state index in [4.69, 9.17) is 9.47 Å². The molecule has 26 heavy (non-hydrogen) atoms. The minimum absolute atomic E-state index is 0.215. The van der Waals surface area contributed by atoms with Crippen molar-refractivity contribution in [2.24, 2.45) is 0 Å². The summed E-state index contributed by atoms with van der Waals surface area (Å²) in [4.78, 5) is 4.86. The first kappa shape index (κ1) is 20.0. The number of hydrogen-bond donors (Lipinski definition) is 0. The topological polar surface area (TPSA) is 24.9 Å². The van der Waals surface area contributed by atoms with Gasteiger partial charge in [-0.25, -0.2) is 0 Å². The van der Waals surface area contributed by atoms with Gasteiger partial charge in [0.05, 0.1) is 6.61 Å². The van der Waals surface area contributed by atoms with Crippen LogP contribution in [0.5, 0.6) is 5.75 Å². The highest BCUT2D eigenvalue weighted by Gasteiger charge is 2.34. The predicted molar refractivity (Wildman–Crippen MR) is 111 cm³/mol. The molecule has 1 aromatic rings. The Kier molecular flexibility index (Phi) is 7.67. The third kappa shape index (κ3) is 5.62. The summed E-state index contributed by atoms with van der Waals surface area (Å²) in [5.41, 5.74) is 1.64. The van der Waals surface area contributed by atoms with Crippen LogP contribution in [0.25, 0.3) is 0 Å². The molecule has 0 spiro atoms. The molecular weight excluding hydrogens is 344 g/mol. The lowest BCUT2D eigenvalue weighted by Crippen LogP contribution is -2.42. The van der Waals surface area contributed by atoms with Gasteiger partial charge >= 0.3 is 0 Å². The van der Waals surface area contributed by atoms with Crippen molar-refractivity contribution in [2.75, 3.05) is 71.6 Å². The second kappa shape index (κ2) is 9.98. The SMILES string of the molecule is CN(C)CC1(c2ccc(OCCCN3CCSCC3)cc2)CCOCC1. The highest BCUT2D eigenvalue weighted by molar-refractivity contribution is 7.99. The fourth-order valence-corrected chi connectivity index (χ4v) is 5.09. The van der Waals surface area contributed by atoms with Crippen molar-refractivity contribution >= 4 is 11.8 Å². The summed E-state index contributed by atoms with van der Waals surface area (Å²) in [6, 6.07) is 8.84. The van der Waals surface area contributed by atoms with E-state index in [0.717, 1.165) is 57.9 Å². The molecule has 5 heteroatoms. The van der Waals surface area contributed by atoms with Gasteiger partial charge in [0.25, 0.3) is 0 Å². The van der Waals surface area contributed by atoms with Gasteiger partial charge < -0.3 is 19.3 Å². The van der Waals surface area contributed by atoms with Crippen molar-refractivity contribution in [3.8, 4) is 5.75 Å². The molecule has 2 heterocycles. The number of hydrogen-bond acceptors (Lipinski definition) is 5.